The van der Waals surface area contributed by atoms with Gasteiger partial charge in [-0.15, -0.1) is 0 Å². The Labute approximate surface area is 134 Å². The second kappa shape index (κ2) is 5.53. The Bertz CT molecular complexity index is 787. The van der Waals surface area contributed by atoms with Crippen molar-refractivity contribution in [2.75, 3.05) is 11.9 Å². The maximum absolute atomic E-state index is 11.6. The number of rotatable bonds is 5. The number of pyridine rings is 1. The summed E-state index contributed by atoms with van der Waals surface area (Å²) in [5.41, 5.74) is 1.20. The summed E-state index contributed by atoms with van der Waals surface area (Å²) in [5, 5.41) is 9.05. The highest BCUT2D eigenvalue weighted by molar-refractivity contribution is 7.89. The number of primary sulfonamides is 1. The van der Waals surface area contributed by atoms with Crippen LogP contribution in [-0.4, -0.2) is 19.9 Å². The van der Waals surface area contributed by atoms with E-state index < -0.39 is 10.0 Å². The van der Waals surface area contributed by atoms with Crippen molar-refractivity contribution in [1.29, 1.82) is 0 Å². The number of sulfonamides is 1. The van der Waals surface area contributed by atoms with E-state index in [0.717, 1.165) is 12.8 Å². The Morgan fingerprint density at radius 2 is 1.91 bits per heavy atom. The van der Waals surface area contributed by atoms with E-state index in [1.807, 2.05) is 24.3 Å². The zero-order chi connectivity index (χ0) is 15.8. The second-order valence-electron chi connectivity index (χ2n) is 5.54. The van der Waals surface area contributed by atoms with Crippen LogP contribution in [0.5, 0.6) is 0 Å². The van der Waals surface area contributed by atoms with Crippen molar-refractivity contribution in [1.82, 2.24) is 4.98 Å². The van der Waals surface area contributed by atoms with Gasteiger partial charge in [-0.05, 0) is 42.7 Å². The standard InChI is InChI=1S/C15H16ClN3O2S/c16-12-5-3-11(4-6-12)15(7-8-15)10-19-14-13(22(17,20)21)2-1-9-18-14/h1-6,9H,7-8,10H2,(H,18,19)(H2,17,20,21). The number of hydrogen-bond donors (Lipinski definition) is 2. The third kappa shape index (κ3) is 3.09. The van der Waals surface area contributed by atoms with Gasteiger partial charge in [0, 0.05) is 23.2 Å². The van der Waals surface area contributed by atoms with Crippen LogP contribution in [0, 0.1) is 0 Å². The molecule has 22 heavy (non-hydrogen) atoms. The Kier molecular flexibility index (Phi) is 3.84. The van der Waals surface area contributed by atoms with Crippen molar-refractivity contribution in [3.05, 3.63) is 53.2 Å². The molecule has 7 heteroatoms. The molecule has 0 spiro atoms. The molecule has 0 unspecified atom stereocenters. The number of nitrogens with one attached hydrogen (secondary N) is 1. The summed E-state index contributed by atoms with van der Waals surface area (Å²) in [7, 11) is -3.79. The summed E-state index contributed by atoms with van der Waals surface area (Å²) in [5.74, 6) is 0.297. The molecule has 0 saturated heterocycles. The molecule has 3 rings (SSSR count). The molecule has 0 atom stereocenters. The highest BCUT2D eigenvalue weighted by Gasteiger charge is 2.44. The molecule has 1 aliphatic carbocycles. The first kappa shape index (κ1) is 15.3. The lowest BCUT2D eigenvalue weighted by Gasteiger charge is -2.18. The fourth-order valence-electron chi connectivity index (χ4n) is 2.53. The largest absolute Gasteiger partial charge is 0.368 e. The highest BCUT2D eigenvalue weighted by atomic mass is 35.5. The second-order valence-corrected chi connectivity index (χ2v) is 7.50. The normalized spacial score (nSPS) is 16.3. The van der Waals surface area contributed by atoms with E-state index in [9.17, 15) is 8.42 Å². The monoisotopic (exact) mass is 337 g/mol. The molecule has 5 nitrogen and oxygen atoms in total. The summed E-state index contributed by atoms with van der Waals surface area (Å²) < 4.78 is 23.2. The van der Waals surface area contributed by atoms with Crippen molar-refractivity contribution < 1.29 is 8.42 Å². The Morgan fingerprint density at radius 1 is 1.23 bits per heavy atom. The zero-order valence-corrected chi connectivity index (χ0v) is 13.4. The van der Waals surface area contributed by atoms with Crippen LogP contribution in [0.4, 0.5) is 5.82 Å². The lowest BCUT2D eigenvalue weighted by molar-refractivity contribution is 0.597. The van der Waals surface area contributed by atoms with Gasteiger partial charge in [0.25, 0.3) is 0 Å². The van der Waals surface area contributed by atoms with Gasteiger partial charge < -0.3 is 5.32 Å². The molecule has 1 aliphatic rings. The van der Waals surface area contributed by atoms with Crippen LogP contribution in [0.25, 0.3) is 0 Å². The van der Waals surface area contributed by atoms with Crippen LogP contribution in [0.2, 0.25) is 5.02 Å². The number of hydrogen-bond acceptors (Lipinski definition) is 4. The molecule has 0 aliphatic heterocycles. The minimum Gasteiger partial charge on any atom is -0.368 e. The number of anilines is 1. The number of aromatic nitrogens is 1. The van der Waals surface area contributed by atoms with Crippen molar-refractivity contribution >= 4 is 27.4 Å². The third-order valence-corrected chi connectivity index (χ3v) is 5.18. The van der Waals surface area contributed by atoms with Gasteiger partial charge in [-0.2, -0.15) is 0 Å². The zero-order valence-electron chi connectivity index (χ0n) is 11.8. The first-order valence-corrected chi connectivity index (χ1v) is 8.81. The van der Waals surface area contributed by atoms with E-state index in [0.29, 0.717) is 17.4 Å². The van der Waals surface area contributed by atoms with Gasteiger partial charge in [0.05, 0.1) is 0 Å². The topological polar surface area (TPSA) is 85.1 Å². The van der Waals surface area contributed by atoms with Gasteiger partial charge in [-0.3, -0.25) is 0 Å². The minimum absolute atomic E-state index is 0.0116. The molecule has 0 bridgehead atoms. The summed E-state index contributed by atoms with van der Waals surface area (Å²) >= 11 is 5.92. The average molecular weight is 338 g/mol. The van der Waals surface area contributed by atoms with Gasteiger partial charge in [-0.25, -0.2) is 18.5 Å². The van der Waals surface area contributed by atoms with Gasteiger partial charge >= 0.3 is 0 Å². The minimum atomic E-state index is -3.79. The summed E-state index contributed by atoms with van der Waals surface area (Å²) in [6.07, 6.45) is 3.62. The third-order valence-electron chi connectivity index (χ3n) is 3.98. The van der Waals surface area contributed by atoms with Crippen molar-refractivity contribution in [2.24, 2.45) is 5.14 Å². The van der Waals surface area contributed by atoms with E-state index in [2.05, 4.69) is 10.3 Å². The Morgan fingerprint density at radius 3 is 2.50 bits per heavy atom. The fourth-order valence-corrected chi connectivity index (χ4v) is 3.32. The van der Waals surface area contributed by atoms with Crippen LogP contribution < -0.4 is 10.5 Å². The summed E-state index contributed by atoms with van der Waals surface area (Å²) in [6, 6.07) is 10.8. The van der Waals surface area contributed by atoms with Crippen LogP contribution in [0.15, 0.2) is 47.5 Å². The van der Waals surface area contributed by atoms with Gasteiger partial charge in [0.2, 0.25) is 10.0 Å². The van der Waals surface area contributed by atoms with Crippen LogP contribution in [0.1, 0.15) is 18.4 Å². The molecule has 1 saturated carbocycles. The average Bonchev–Trinajstić information content (AvgIpc) is 3.26. The van der Waals surface area contributed by atoms with Crippen molar-refractivity contribution in [3.8, 4) is 0 Å². The first-order chi connectivity index (χ1) is 10.4. The predicted molar refractivity (Wildman–Crippen MR) is 86.5 cm³/mol. The number of nitrogens with two attached hydrogens (primary N) is 1. The fraction of sp³-hybridized carbons (Fsp3) is 0.267. The molecule has 0 amide bonds. The van der Waals surface area contributed by atoms with E-state index in [-0.39, 0.29) is 10.3 Å². The molecule has 1 fully saturated rings. The maximum atomic E-state index is 11.6. The SMILES string of the molecule is NS(=O)(=O)c1cccnc1NCC1(c2ccc(Cl)cc2)CC1. The number of nitrogens with zero attached hydrogens (tertiary/aromatic N) is 1. The lowest BCUT2D eigenvalue weighted by Crippen LogP contribution is -2.22. The molecule has 2 aromatic rings. The quantitative estimate of drug-likeness (QED) is 0.878. The van der Waals surface area contributed by atoms with Crippen LogP contribution in [0.3, 0.4) is 0 Å². The molecule has 0 radical (unpaired) electrons. The Hall–Kier alpha value is -1.63. The van der Waals surface area contributed by atoms with E-state index in [1.54, 1.807) is 12.3 Å². The van der Waals surface area contributed by atoms with Crippen molar-refractivity contribution in [2.45, 2.75) is 23.2 Å². The van der Waals surface area contributed by atoms with E-state index in [4.69, 9.17) is 16.7 Å². The van der Waals surface area contributed by atoms with Gasteiger partial charge in [0.1, 0.15) is 10.7 Å². The highest BCUT2D eigenvalue weighted by Crippen LogP contribution is 2.48. The molecule has 1 heterocycles. The van der Waals surface area contributed by atoms with Gasteiger partial charge in [0.15, 0.2) is 0 Å². The number of halogens is 1. The Balaban J connectivity index is 1.80. The summed E-state index contributed by atoms with van der Waals surface area (Å²) in [4.78, 5) is 4.11. The molecule has 116 valence electrons. The van der Waals surface area contributed by atoms with E-state index in [1.165, 1.54) is 11.6 Å². The lowest BCUT2D eigenvalue weighted by atomic mass is 9.96. The smallest absolute Gasteiger partial charge is 0.241 e. The molecular formula is C15H16ClN3O2S. The predicted octanol–water partition coefficient (Wildman–Crippen LogP) is 2.53. The first-order valence-electron chi connectivity index (χ1n) is 6.88. The molecular weight excluding hydrogens is 322 g/mol. The van der Waals surface area contributed by atoms with Crippen LogP contribution in [-0.2, 0) is 15.4 Å². The van der Waals surface area contributed by atoms with Gasteiger partial charge in [-0.1, -0.05) is 23.7 Å². The number of benzene rings is 1. The van der Waals surface area contributed by atoms with E-state index >= 15 is 0 Å². The molecule has 3 N–H and O–H groups in total. The molecule has 1 aromatic carbocycles. The molecule has 1 aromatic heterocycles. The summed E-state index contributed by atoms with van der Waals surface area (Å²) in [6.45, 7) is 0.605. The van der Waals surface area contributed by atoms with Crippen molar-refractivity contribution in [3.63, 3.8) is 0 Å². The maximum Gasteiger partial charge on any atom is 0.241 e. The van der Waals surface area contributed by atoms with Crippen LogP contribution >= 0.6 is 11.6 Å².